The fraction of sp³-hybridized carbons (Fsp3) is 0.0556. The third-order valence-electron chi connectivity index (χ3n) is 2.85. The molecular weight excluding hydrogens is 362 g/mol. The summed E-state index contributed by atoms with van der Waals surface area (Å²) in [5.41, 5.74) is 2.25. The number of nitrogens with zero attached hydrogens (tertiary/aromatic N) is 1. The Hall–Kier alpha value is -2.20. The van der Waals surface area contributed by atoms with Crippen molar-refractivity contribution in [1.29, 1.82) is 5.26 Å². The van der Waals surface area contributed by atoms with Crippen LogP contribution >= 0.6 is 27.5 Å². The number of hydrogen-bond donors (Lipinski definition) is 0. The van der Waals surface area contributed by atoms with Gasteiger partial charge in [0.25, 0.3) is 0 Å². The van der Waals surface area contributed by atoms with Gasteiger partial charge in [0.15, 0.2) is 0 Å². The third-order valence-corrected chi connectivity index (χ3v) is 3.73. The van der Waals surface area contributed by atoms with Crippen molar-refractivity contribution < 1.29 is 4.74 Å². The van der Waals surface area contributed by atoms with Crippen molar-refractivity contribution in [3.05, 3.63) is 63.1 Å². The zero-order chi connectivity index (χ0) is 15.9. The number of rotatable bonds is 4. The zero-order valence-electron chi connectivity index (χ0n) is 11.5. The van der Waals surface area contributed by atoms with Gasteiger partial charge in [0.2, 0.25) is 0 Å². The van der Waals surface area contributed by atoms with E-state index in [1.165, 1.54) is 0 Å². The van der Waals surface area contributed by atoms with Gasteiger partial charge in [-0.05, 0) is 57.4 Å². The lowest BCUT2D eigenvalue weighted by molar-refractivity contribution is 0.368. The fourth-order valence-corrected chi connectivity index (χ4v) is 2.46. The molecule has 0 radical (unpaired) electrons. The highest BCUT2D eigenvalue weighted by molar-refractivity contribution is 9.10. The first-order chi connectivity index (χ1) is 10.6. The molecule has 22 heavy (non-hydrogen) atoms. The minimum absolute atomic E-state index is 0.210. The van der Waals surface area contributed by atoms with Crippen LogP contribution in [0.25, 0.3) is 11.6 Å². The highest BCUT2D eigenvalue weighted by Crippen LogP contribution is 2.28. The second-order valence-corrected chi connectivity index (χ2v) is 5.65. The Morgan fingerprint density at radius 3 is 2.59 bits per heavy atom. The Kier molecular flexibility index (Phi) is 5.67. The lowest BCUT2D eigenvalue weighted by atomic mass is 10.0. The van der Waals surface area contributed by atoms with E-state index in [0.29, 0.717) is 16.3 Å². The Bertz CT molecular complexity index is 782. The topological polar surface area (TPSA) is 33.0 Å². The Morgan fingerprint density at radius 1 is 1.27 bits per heavy atom. The van der Waals surface area contributed by atoms with Gasteiger partial charge in [0.05, 0.1) is 16.1 Å². The van der Waals surface area contributed by atoms with E-state index in [0.717, 1.165) is 15.6 Å². The molecule has 0 atom stereocenters. The molecule has 108 valence electrons. The van der Waals surface area contributed by atoms with Crippen LogP contribution in [0.2, 0.25) is 5.02 Å². The summed E-state index contributed by atoms with van der Waals surface area (Å²) in [7, 11) is 0. The standard InChI is InChI=1S/C18H11BrClNO/c1-2-9-22-18-8-3-13(11-17(18)19)10-15(12-21)14-4-6-16(20)7-5-14/h1,3-8,10-11H,9H2/b15-10+. The Labute approximate surface area is 143 Å². The predicted molar refractivity (Wildman–Crippen MR) is 93.4 cm³/mol. The molecule has 0 aliphatic rings. The third kappa shape index (κ3) is 4.15. The fourth-order valence-electron chi connectivity index (χ4n) is 1.82. The molecule has 0 saturated heterocycles. The number of nitriles is 1. The molecule has 0 saturated carbocycles. The summed E-state index contributed by atoms with van der Waals surface area (Å²) in [6.07, 6.45) is 6.97. The first kappa shape index (κ1) is 16.2. The van der Waals surface area contributed by atoms with Crippen LogP contribution < -0.4 is 4.74 Å². The van der Waals surface area contributed by atoms with E-state index in [1.54, 1.807) is 18.2 Å². The SMILES string of the molecule is C#CCOc1ccc(/C=C(\C#N)c2ccc(Cl)cc2)cc1Br. The Morgan fingerprint density at radius 2 is 2.00 bits per heavy atom. The molecule has 4 heteroatoms. The monoisotopic (exact) mass is 371 g/mol. The predicted octanol–water partition coefficient (Wildman–Crippen LogP) is 5.18. The molecule has 0 spiro atoms. The first-order valence-electron chi connectivity index (χ1n) is 6.37. The first-order valence-corrected chi connectivity index (χ1v) is 7.54. The molecule has 0 aliphatic carbocycles. The quantitative estimate of drug-likeness (QED) is 0.421. The summed E-state index contributed by atoms with van der Waals surface area (Å²) >= 11 is 9.29. The summed E-state index contributed by atoms with van der Waals surface area (Å²) in [5.74, 6) is 3.08. The van der Waals surface area contributed by atoms with Gasteiger partial charge >= 0.3 is 0 Å². The van der Waals surface area contributed by atoms with Crippen molar-refractivity contribution in [2.75, 3.05) is 6.61 Å². The maximum absolute atomic E-state index is 9.34. The smallest absolute Gasteiger partial charge is 0.148 e. The highest BCUT2D eigenvalue weighted by atomic mass is 79.9. The van der Waals surface area contributed by atoms with E-state index in [-0.39, 0.29) is 6.61 Å². The molecule has 0 heterocycles. The van der Waals surface area contributed by atoms with Crippen molar-refractivity contribution >= 4 is 39.2 Å². The van der Waals surface area contributed by atoms with Crippen LogP contribution in [-0.2, 0) is 0 Å². The molecule has 0 aliphatic heterocycles. The van der Waals surface area contributed by atoms with E-state index in [9.17, 15) is 5.26 Å². The number of hydrogen-bond acceptors (Lipinski definition) is 2. The van der Waals surface area contributed by atoms with Gasteiger partial charge < -0.3 is 4.74 Å². The lowest BCUT2D eigenvalue weighted by Gasteiger charge is -2.06. The highest BCUT2D eigenvalue weighted by Gasteiger charge is 2.04. The molecule has 2 aromatic rings. The van der Waals surface area contributed by atoms with Crippen molar-refractivity contribution in [1.82, 2.24) is 0 Å². The number of benzene rings is 2. The molecule has 0 bridgehead atoms. The van der Waals surface area contributed by atoms with E-state index >= 15 is 0 Å². The average Bonchev–Trinajstić information content (AvgIpc) is 2.53. The van der Waals surface area contributed by atoms with Crippen molar-refractivity contribution in [3.63, 3.8) is 0 Å². The normalized spacial score (nSPS) is 10.6. The van der Waals surface area contributed by atoms with Gasteiger partial charge in [-0.25, -0.2) is 0 Å². The van der Waals surface area contributed by atoms with E-state index in [4.69, 9.17) is 22.8 Å². The van der Waals surface area contributed by atoms with E-state index < -0.39 is 0 Å². The molecule has 2 nitrogen and oxygen atoms in total. The number of halogens is 2. The summed E-state index contributed by atoms with van der Waals surface area (Å²) in [5, 5.41) is 9.98. The van der Waals surface area contributed by atoms with Crippen LogP contribution in [0, 0.1) is 23.7 Å². The van der Waals surface area contributed by atoms with E-state index in [2.05, 4.69) is 27.9 Å². The van der Waals surface area contributed by atoms with Crippen molar-refractivity contribution in [2.24, 2.45) is 0 Å². The Balaban J connectivity index is 2.31. The molecular formula is C18H11BrClNO. The summed E-state index contributed by atoms with van der Waals surface area (Å²) in [6.45, 7) is 0.210. The van der Waals surface area contributed by atoms with Crippen LogP contribution in [0.15, 0.2) is 46.9 Å². The molecule has 0 N–H and O–H groups in total. The second-order valence-electron chi connectivity index (χ2n) is 4.36. The largest absolute Gasteiger partial charge is 0.480 e. The van der Waals surface area contributed by atoms with Gasteiger partial charge in [-0.15, -0.1) is 6.42 Å². The maximum Gasteiger partial charge on any atom is 0.148 e. The minimum Gasteiger partial charge on any atom is -0.480 e. The van der Waals surface area contributed by atoms with Gasteiger partial charge in [0, 0.05) is 5.02 Å². The van der Waals surface area contributed by atoms with Gasteiger partial charge in [0.1, 0.15) is 12.4 Å². The molecule has 0 unspecified atom stereocenters. The van der Waals surface area contributed by atoms with Crippen LogP contribution in [0.1, 0.15) is 11.1 Å². The molecule has 2 aromatic carbocycles. The molecule has 0 aromatic heterocycles. The number of allylic oxidation sites excluding steroid dienone is 1. The van der Waals surface area contributed by atoms with Crippen molar-refractivity contribution in [3.8, 4) is 24.2 Å². The summed E-state index contributed by atoms with van der Waals surface area (Å²) in [4.78, 5) is 0. The van der Waals surface area contributed by atoms with Gasteiger partial charge in [-0.3, -0.25) is 0 Å². The van der Waals surface area contributed by atoms with Crippen LogP contribution in [0.5, 0.6) is 5.75 Å². The van der Waals surface area contributed by atoms with Crippen LogP contribution in [0.4, 0.5) is 0 Å². The number of terminal acetylenes is 1. The van der Waals surface area contributed by atoms with Crippen LogP contribution in [0.3, 0.4) is 0 Å². The second kappa shape index (κ2) is 7.71. The molecule has 2 rings (SSSR count). The zero-order valence-corrected chi connectivity index (χ0v) is 13.9. The summed E-state index contributed by atoms with van der Waals surface area (Å²) in [6, 6.07) is 14.9. The minimum atomic E-state index is 0.210. The van der Waals surface area contributed by atoms with E-state index in [1.807, 2.05) is 30.3 Å². The van der Waals surface area contributed by atoms with Gasteiger partial charge in [-0.2, -0.15) is 5.26 Å². The lowest BCUT2D eigenvalue weighted by Crippen LogP contribution is -1.94. The van der Waals surface area contributed by atoms with Crippen molar-refractivity contribution in [2.45, 2.75) is 0 Å². The van der Waals surface area contributed by atoms with Gasteiger partial charge in [-0.1, -0.05) is 35.7 Å². The summed E-state index contributed by atoms with van der Waals surface area (Å²) < 4.78 is 6.17. The molecule has 0 fully saturated rings. The maximum atomic E-state index is 9.34. The number of ether oxygens (including phenoxy) is 1. The molecule has 0 amide bonds. The van der Waals surface area contributed by atoms with Crippen LogP contribution in [-0.4, -0.2) is 6.61 Å². The average molecular weight is 373 g/mol.